The minimum Gasteiger partial charge on any atom is -0.378 e. The van der Waals surface area contributed by atoms with Crippen LogP contribution in [0.1, 0.15) is 26.7 Å². The van der Waals surface area contributed by atoms with Crippen molar-refractivity contribution in [2.45, 2.75) is 38.8 Å². The molecule has 2 aromatic rings. The Morgan fingerprint density at radius 2 is 2.35 bits per heavy atom. The minimum absolute atomic E-state index is 0.314. The molecule has 0 aliphatic carbocycles. The molecule has 1 aliphatic rings. The largest absolute Gasteiger partial charge is 0.378 e. The van der Waals surface area contributed by atoms with Gasteiger partial charge in [0.15, 0.2) is 0 Å². The number of fused-ring (bicyclic) bond motifs is 1. The van der Waals surface area contributed by atoms with Crippen molar-refractivity contribution in [3.05, 3.63) is 11.4 Å². The van der Waals surface area contributed by atoms with Crippen LogP contribution < -0.4 is 10.6 Å². The molecule has 1 saturated heterocycles. The molecule has 3 heterocycles. The van der Waals surface area contributed by atoms with E-state index >= 15 is 0 Å². The number of hydrogen-bond donors (Lipinski definition) is 2. The predicted octanol–water partition coefficient (Wildman–Crippen LogP) is 3.10. The molecule has 0 spiro atoms. The van der Waals surface area contributed by atoms with Gasteiger partial charge in [-0.05, 0) is 38.1 Å². The van der Waals surface area contributed by atoms with Crippen LogP contribution in [0.5, 0.6) is 0 Å². The minimum atomic E-state index is 0.314. The number of thiophene rings is 1. The van der Waals surface area contributed by atoms with E-state index in [4.69, 9.17) is 4.74 Å². The highest BCUT2D eigenvalue weighted by Gasteiger charge is 2.20. The van der Waals surface area contributed by atoms with Crippen LogP contribution in [0.25, 0.3) is 10.2 Å². The van der Waals surface area contributed by atoms with Gasteiger partial charge in [-0.25, -0.2) is 4.98 Å². The summed E-state index contributed by atoms with van der Waals surface area (Å²) in [5.74, 6) is 1.64. The Labute approximate surface area is 122 Å². The van der Waals surface area contributed by atoms with E-state index in [0.29, 0.717) is 18.1 Å². The molecule has 5 nitrogen and oxygen atoms in total. The Hall–Kier alpha value is -1.40. The van der Waals surface area contributed by atoms with Crippen molar-refractivity contribution >= 4 is 33.3 Å². The van der Waals surface area contributed by atoms with E-state index in [9.17, 15) is 0 Å². The standard InChI is InChI=1S/C14H20N4OS/c1-3-15-14-17-12(11-5-7-20-13(11)18-14)16-10-4-6-19-9(2)8-10/h5,7,9-10H,3-4,6,8H2,1-2H3,(H2,15,16,17,18). The fourth-order valence-corrected chi connectivity index (χ4v) is 3.29. The second kappa shape index (κ2) is 5.93. The average molecular weight is 292 g/mol. The highest BCUT2D eigenvalue weighted by Crippen LogP contribution is 2.28. The second-order valence-electron chi connectivity index (χ2n) is 5.11. The third-order valence-corrected chi connectivity index (χ3v) is 4.29. The van der Waals surface area contributed by atoms with Crippen molar-refractivity contribution in [3.63, 3.8) is 0 Å². The molecular weight excluding hydrogens is 272 g/mol. The number of rotatable bonds is 4. The van der Waals surface area contributed by atoms with Crippen LogP contribution in [0, 0.1) is 0 Å². The summed E-state index contributed by atoms with van der Waals surface area (Å²) < 4.78 is 5.60. The normalized spacial score (nSPS) is 22.9. The SMILES string of the molecule is CCNc1nc(NC2CCOC(C)C2)c2ccsc2n1. The van der Waals surface area contributed by atoms with Gasteiger partial charge in [0, 0.05) is 19.2 Å². The molecule has 3 rings (SSSR count). The Kier molecular flexibility index (Phi) is 4.03. The third-order valence-electron chi connectivity index (χ3n) is 3.49. The van der Waals surface area contributed by atoms with Crippen molar-refractivity contribution in [1.29, 1.82) is 0 Å². The van der Waals surface area contributed by atoms with Gasteiger partial charge < -0.3 is 15.4 Å². The summed E-state index contributed by atoms with van der Waals surface area (Å²) in [7, 11) is 0. The molecular formula is C14H20N4OS. The van der Waals surface area contributed by atoms with E-state index in [2.05, 4.69) is 45.9 Å². The monoisotopic (exact) mass is 292 g/mol. The number of ether oxygens (including phenoxy) is 1. The molecule has 20 heavy (non-hydrogen) atoms. The molecule has 2 aromatic heterocycles. The number of anilines is 2. The number of nitrogens with one attached hydrogen (secondary N) is 2. The molecule has 0 amide bonds. The van der Waals surface area contributed by atoms with Crippen LogP contribution in [0.15, 0.2) is 11.4 Å². The zero-order valence-corrected chi connectivity index (χ0v) is 12.7. The second-order valence-corrected chi connectivity index (χ2v) is 6.01. The van der Waals surface area contributed by atoms with Gasteiger partial charge in [-0.1, -0.05) is 0 Å². The van der Waals surface area contributed by atoms with Crippen molar-refractivity contribution in [2.75, 3.05) is 23.8 Å². The van der Waals surface area contributed by atoms with E-state index in [-0.39, 0.29) is 0 Å². The van der Waals surface area contributed by atoms with Gasteiger partial charge in [-0.15, -0.1) is 11.3 Å². The summed E-state index contributed by atoms with van der Waals surface area (Å²) in [6.07, 6.45) is 2.36. The van der Waals surface area contributed by atoms with Gasteiger partial charge in [-0.2, -0.15) is 4.98 Å². The average Bonchev–Trinajstić information content (AvgIpc) is 2.87. The lowest BCUT2D eigenvalue weighted by atomic mass is 10.0. The van der Waals surface area contributed by atoms with Crippen molar-refractivity contribution < 1.29 is 4.74 Å². The van der Waals surface area contributed by atoms with Gasteiger partial charge in [0.1, 0.15) is 10.6 Å². The van der Waals surface area contributed by atoms with Gasteiger partial charge in [0.25, 0.3) is 0 Å². The third kappa shape index (κ3) is 2.86. The van der Waals surface area contributed by atoms with Crippen LogP contribution in [0.4, 0.5) is 11.8 Å². The highest BCUT2D eigenvalue weighted by atomic mass is 32.1. The lowest BCUT2D eigenvalue weighted by molar-refractivity contribution is 0.0232. The number of nitrogens with zero attached hydrogens (tertiary/aromatic N) is 2. The van der Waals surface area contributed by atoms with Crippen LogP contribution >= 0.6 is 11.3 Å². The molecule has 1 fully saturated rings. The number of hydrogen-bond acceptors (Lipinski definition) is 6. The van der Waals surface area contributed by atoms with Crippen LogP contribution in [0.2, 0.25) is 0 Å². The fourth-order valence-electron chi connectivity index (χ4n) is 2.53. The smallest absolute Gasteiger partial charge is 0.226 e. The molecule has 2 N–H and O–H groups in total. The van der Waals surface area contributed by atoms with E-state index in [0.717, 1.165) is 42.0 Å². The Morgan fingerprint density at radius 1 is 1.45 bits per heavy atom. The first kappa shape index (κ1) is 13.6. The maximum atomic E-state index is 5.60. The molecule has 6 heteroatoms. The molecule has 0 saturated carbocycles. The molecule has 2 atom stereocenters. The maximum Gasteiger partial charge on any atom is 0.226 e. The molecule has 108 valence electrons. The molecule has 1 aliphatic heterocycles. The maximum absolute atomic E-state index is 5.60. The van der Waals surface area contributed by atoms with Gasteiger partial charge >= 0.3 is 0 Å². The Balaban J connectivity index is 1.86. The van der Waals surface area contributed by atoms with Crippen LogP contribution in [-0.2, 0) is 4.74 Å². The van der Waals surface area contributed by atoms with Crippen LogP contribution in [-0.4, -0.2) is 35.3 Å². The zero-order valence-electron chi connectivity index (χ0n) is 11.8. The highest BCUT2D eigenvalue weighted by molar-refractivity contribution is 7.16. The topological polar surface area (TPSA) is 59.1 Å². The van der Waals surface area contributed by atoms with E-state index < -0.39 is 0 Å². The quantitative estimate of drug-likeness (QED) is 0.907. The zero-order chi connectivity index (χ0) is 13.9. The van der Waals surface area contributed by atoms with Gasteiger partial charge in [-0.3, -0.25) is 0 Å². The van der Waals surface area contributed by atoms with E-state index in [1.54, 1.807) is 11.3 Å². The first-order chi connectivity index (χ1) is 9.76. The summed E-state index contributed by atoms with van der Waals surface area (Å²) in [4.78, 5) is 10.2. The van der Waals surface area contributed by atoms with Gasteiger partial charge in [0.2, 0.25) is 5.95 Å². The van der Waals surface area contributed by atoms with E-state index in [1.165, 1.54) is 0 Å². The summed E-state index contributed by atoms with van der Waals surface area (Å²) in [5.41, 5.74) is 0. The predicted molar refractivity (Wildman–Crippen MR) is 83.6 cm³/mol. The first-order valence-electron chi connectivity index (χ1n) is 7.13. The molecule has 0 bridgehead atoms. The fraction of sp³-hybridized carbons (Fsp3) is 0.571. The lowest BCUT2D eigenvalue weighted by Crippen LogP contribution is -2.32. The number of aromatic nitrogens is 2. The van der Waals surface area contributed by atoms with Crippen molar-refractivity contribution in [1.82, 2.24) is 9.97 Å². The lowest BCUT2D eigenvalue weighted by Gasteiger charge is -2.28. The van der Waals surface area contributed by atoms with E-state index in [1.807, 2.05) is 0 Å². The molecule has 0 radical (unpaired) electrons. The molecule has 0 aromatic carbocycles. The summed E-state index contributed by atoms with van der Waals surface area (Å²) in [6.45, 7) is 5.81. The van der Waals surface area contributed by atoms with Crippen molar-refractivity contribution in [3.8, 4) is 0 Å². The summed E-state index contributed by atoms with van der Waals surface area (Å²) in [6, 6.07) is 2.51. The van der Waals surface area contributed by atoms with Gasteiger partial charge in [0.05, 0.1) is 11.5 Å². The Bertz CT molecular complexity index is 586. The summed E-state index contributed by atoms with van der Waals surface area (Å²) >= 11 is 1.65. The molecule has 2 unspecified atom stereocenters. The first-order valence-corrected chi connectivity index (χ1v) is 8.01. The Morgan fingerprint density at radius 3 is 3.15 bits per heavy atom. The van der Waals surface area contributed by atoms with Crippen LogP contribution in [0.3, 0.4) is 0 Å². The summed E-state index contributed by atoms with van der Waals surface area (Å²) in [5, 5.41) is 9.94. The van der Waals surface area contributed by atoms with Crippen molar-refractivity contribution in [2.24, 2.45) is 0 Å².